The van der Waals surface area contributed by atoms with Crippen LogP contribution in [0, 0.1) is 11.7 Å². The van der Waals surface area contributed by atoms with Gasteiger partial charge in [-0.15, -0.1) is 0 Å². The van der Waals surface area contributed by atoms with E-state index in [-0.39, 0.29) is 11.6 Å². The first-order chi connectivity index (χ1) is 18.5. The van der Waals surface area contributed by atoms with Gasteiger partial charge in [0, 0.05) is 5.56 Å². The van der Waals surface area contributed by atoms with Gasteiger partial charge in [0.2, 0.25) is 5.91 Å². The Bertz CT molecular complexity index is 1370. The molecule has 228 valence electrons. The summed E-state index contributed by atoms with van der Waals surface area (Å²) in [5, 5.41) is 19.9. The summed E-state index contributed by atoms with van der Waals surface area (Å²) in [4.78, 5) is 11.9. The first-order valence-corrected chi connectivity index (χ1v) is 13.4. The van der Waals surface area contributed by atoms with Crippen molar-refractivity contribution in [1.82, 2.24) is 0 Å². The number of aliphatic hydroxyl groups is 2. The number of carbonyl (C=O) groups excluding carboxylic acids is 1. The second kappa shape index (κ2) is 10.7. The third kappa shape index (κ3) is 6.00. The summed E-state index contributed by atoms with van der Waals surface area (Å²) in [5.74, 6) is -3.64. The van der Waals surface area contributed by atoms with Crippen LogP contribution in [0.25, 0.3) is 0 Å². The summed E-state index contributed by atoms with van der Waals surface area (Å²) in [6, 6.07) is 2.92. The Kier molecular flexibility index (Phi) is 8.49. The number of alkyl halides is 7. The number of carbonyl (C=O) groups is 1. The molecule has 1 aliphatic rings. The van der Waals surface area contributed by atoms with E-state index < -0.39 is 98.8 Å². The first-order valence-electron chi connectivity index (χ1n) is 12.0. The smallest absolute Gasteiger partial charge is 0.387 e. The molecule has 1 unspecified atom stereocenters. The molecule has 0 fully saturated rings. The third-order valence-electron chi connectivity index (χ3n) is 6.99. The van der Waals surface area contributed by atoms with Crippen LogP contribution in [0.1, 0.15) is 37.8 Å². The lowest BCUT2D eigenvalue weighted by Gasteiger charge is -2.42. The Labute approximate surface area is 229 Å². The second-order valence-corrected chi connectivity index (χ2v) is 12.1. The summed E-state index contributed by atoms with van der Waals surface area (Å²) >= 11 is 0. The predicted octanol–water partition coefficient (Wildman–Crippen LogP) is 4.25. The van der Waals surface area contributed by atoms with E-state index in [1.54, 1.807) is 0 Å². The van der Waals surface area contributed by atoms with Gasteiger partial charge in [0.15, 0.2) is 0 Å². The maximum absolute atomic E-state index is 14.9. The van der Waals surface area contributed by atoms with E-state index in [9.17, 15) is 58.5 Å². The van der Waals surface area contributed by atoms with Crippen molar-refractivity contribution in [2.24, 2.45) is 11.7 Å². The van der Waals surface area contributed by atoms with Gasteiger partial charge < -0.3 is 15.9 Å². The fourth-order valence-corrected chi connectivity index (χ4v) is 6.43. The number of benzene rings is 2. The van der Waals surface area contributed by atoms with Crippen LogP contribution in [0.5, 0.6) is 0 Å². The summed E-state index contributed by atoms with van der Waals surface area (Å²) in [7, 11) is -4.83. The molecule has 1 heterocycles. The molecule has 0 bridgehead atoms. The molecule has 4 N–H and O–H groups in total. The highest BCUT2D eigenvalue weighted by Crippen LogP contribution is 2.51. The molecule has 3 rings (SSSR count). The zero-order valence-electron chi connectivity index (χ0n) is 21.5. The van der Waals surface area contributed by atoms with E-state index in [0.29, 0.717) is 16.4 Å². The number of primary amides is 1. The van der Waals surface area contributed by atoms with E-state index >= 15 is 0 Å². The van der Waals surface area contributed by atoms with Crippen molar-refractivity contribution in [3.8, 4) is 0 Å². The van der Waals surface area contributed by atoms with Gasteiger partial charge in [-0.2, -0.15) is 26.3 Å². The molecule has 0 radical (unpaired) electrons. The van der Waals surface area contributed by atoms with Crippen LogP contribution in [0.3, 0.4) is 0 Å². The SMILES string of the molecule is CC(C)(O)[C@@H](F)CC(C(N)=O)[C@@H]1CCc2cc(C(O)(C(F)(F)F)C(F)(F)F)ccc2N1S(=O)(=O)c1ccc(F)cc1. The quantitative estimate of drug-likeness (QED) is 0.382. The first kappa shape index (κ1) is 32.5. The lowest BCUT2D eigenvalue weighted by Crippen LogP contribution is -2.54. The lowest BCUT2D eigenvalue weighted by atomic mass is 9.82. The Hall–Kier alpha value is -2.98. The van der Waals surface area contributed by atoms with Crippen LogP contribution in [-0.4, -0.2) is 54.7 Å². The number of hydrogen-bond donors (Lipinski definition) is 3. The van der Waals surface area contributed by atoms with Crippen LogP contribution in [0.4, 0.5) is 40.8 Å². The number of nitrogens with zero attached hydrogens (tertiary/aromatic N) is 1. The van der Waals surface area contributed by atoms with Gasteiger partial charge in [0.25, 0.3) is 15.6 Å². The lowest BCUT2D eigenvalue weighted by molar-refractivity contribution is -0.376. The molecule has 0 aromatic heterocycles. The van der Waals surface area contributed by atoms with E-state index in [2.05, 4.69) is 0 Å². The zero-order valence-corrected chi connectivity index (χ0v) is 22.3. The normalized spacial score (nSPS) is 18.5. The van der Waals surface area contributed by atoms with Crippen molar-refractivity contribution in [3.63, 3.8) is 0 Å². The average molecular weight is 619 g/mol. The maximum atomic E-state index is 14.9. The number of aryl methyl sites for hydroxylation is 1. The molecule has 1 aliphatic heterocycles. The van der Waals surface area contributed by atoms with Gasteiger partial charge in [-0.1, -0.05) is 12.1 Å². The van der Waals surface area contributed by atoms with Gasteiger partial charge >= 0.3 is 12.4 Å². The van der Waals surface area contributed by atoms with Gasteiger partial charge in [-0.3, -0.25) is 9.10 Å². The summed E-state index contributed by atoms with van der Waals surface area (Å²) in [5.41, 5.74) is -4.28. The molecule has 16 heteroatoms. The number of nitrogens with two attached hydrogens (primary N) is 1. The minimum absolute atomic E-state index is 0.240. The highest BCUT2D eigenvalue weighted by molar-refractivity contribution is 7.92. The molecule has 0 saturated heterocycles. The number of anilines is 1. The number of halogens is 8. The number of sulfonamides is 1. The number of hydrogen-bond acceptors (Lipinski definition) is 5. The van der Waals surface area contributed by atoms with Crippen LogP contribution < -0.4 is 10.0 Å². The molecule has 0 aliphatic carbocycles. The van der Waals surface area contributed by atoms with Gasteiger partial charge in [0.1, 0.15) is 12.0 Å². The Morgan fingerprint density at radius 2 is 1.56 bits per heavy atom. The summed E-state index contributed by atoms with van der Waals surface area (Å²) in [6.45, 7) is 2.17. The predicted molar refractivity (Wildman–Crippen MR) is 129 cm³/mol. The molecule has 0 saturated carbocycles. The Morgan fingerprint density at radius 3 is 2.02 bits per heavy atom. The zero-order chi connectivity index (χ0) is 31.3. The highest BCUT2D eigenvalue weighted by atomic mass is 32.2. The molecule has 41 heavy (non-hydrogen) atoms. The van der Waals surface area contributed by atoms with E-state index in [1.165, 1.54) is 0 Å². The fourth-order valence-electron chi connectivity index (χ4n) is 4.68. The van der Waals surface area contributed by atoms with Crippen molar-refractivity contribution in [1.29, 1.82) is 0 Å². The molecule has 7 nitrogen and oxygen atoms in total. The van der Waals surface area contributed by atoms with E-state index in [1.807, 2.05) is 0 Å². The third-order valence-corrected chi connectivity index (χ3v) is 8.85. The molecular formula is C25H26F8N2O5S. The van der Waals surface area contributed by atoms with Crippen molar-refractivity contribution in [2.75, 3.05) is 4.31 Å². The van der Waals surface area contributed by atoms with Gasteiger partial charge in [-0.25, -0.2) is 17.2 Å². The number of rotatable bonds is 8. The van der Waals surface area contributed by atoms with Crippen LogP contribution in [0.2, 0.25) is 0 Å². The number of fused-ring (bicyclic) bond motifs is 1. The molecule has 3 atom stereocenters. The molecule has 0 spiro atoms. The van der Waals surface area contributed by atoms with Crippen molar-refractivity contribution >= 4 is 21.6 Å². The van der Waals surface area contributed by atoms with E-state index in [4.69, 9.17) is 5.73 Å². The summed E-state index contributed by atoms with van der Waals surface area (Å²) in [6.07, 6.45) is -16.1. The van der Waals surface area contributed by atoms with Crippen molar-refractivity contribution in [3.05, 3.63) is 59.4 Å². The monoisotopic (exact) mass is 618 g/mol. The average Bonchev–Trinajstić information content (AvgIpc) is 2.83. The topological polar surface area (TPSA) is 121 Å². The van der Waals surface area contributed by atoms with Crippen LogP contribution >= 0.6 is 0 Å². The largest absolute Gasteiger partial charge is 0.430 e. The van der Waals surface area contributed by atoms with Gasteiger partial charge in [-0.05, 0) is 69.0 Å². The minimum Gasteiger partial charge on any atom is -0.387 e. The van der Waals surface area contributed by atoms with Crippen LogP contribution in [-0.2, 0) is 26.8 Å². The molecule has 2 aromatic carbocycles. The fraction of sp³-hybridized carbons (Fsp3) is 0.480. The summed E-state index contributed by atoms with van der Waals surface area (Å²) < 4.78 is 137. The Balaban J connectivity index is 2.26. The second-order valence-electron chi connectivity index (χ2n) is 10.3. The van der Waals surface area contributed by atoms with Crippen molar-refractivity contribution < 1.29 is 58.5 Å². The van der Waals surface area contributed by atoms with Gasteiger partial charge in [0.05, 0.1) is 28.1 Å². The van der Waals surface area contributed by atoms with Crippen molar-refractivity contribution in [2.45, 2.75) is 73.8 Å². The highest BCUT2D eigenvalue weighted by Gasteiger charge is 2.71. The standard InChI is InChI=1S/C25H26F8N2O5S/c1-22(2,37)20(27)12-17(21(34)36)19-9-3-13-11-14(23(38,24(28,29)30)25(31,32)33)4-10-18(13)35(19)41(39,40)16-7-5-15(26)6-8-16/h4-8,10-11,17,19-20,37-38H,3,9,12H2,1-2H3,(H2,34,36)/t17?,19-,20-/m0/s1. The Morgan fingerprint density at radius 1 is 1.02 bits per heavy atom. The van der Waals surface area contributed by atoms with Crippen LogP contribution in [0.15, 0.2) is 47.4 Å². The molecular weight excluding hydrogens is 592 g/mol. The van der Waals surface area contributed by atoms with E-state index in [0.717, 1.165) is 38.1 Å². The minimum atomic E-state index is -6.21. The molecule has 1 amide bonds. The molecule has 2 aromatic rings. The maximum Gasteiger partial charge on any atom is 0.430 e. The number of amides is 1.